The van der Waals surface area contributed by atoms with Crippen molar-refractivity contribution in [1.29, 1.82) is 0 Å². The van der Waals surface area contributed by atoms with Gasteiger partial charge in [0.2, 0.25) is 5.91 Å². The molecule has 0 bridgehead atoms. The van der Waals surface area contributed by atoms with Gasteiger partial charge in [0.25, 0.3) is 0 Å². The van der Waals surface area contributed by atoms with E-state index in [0.29, 0.717) is 13.0 Å². The first-order valence-electron chi connectivity index (χ1n) is 11.5. The normalized spacial score (nSPS) is 10.6. The SMILES string of the molecule is C=Cc1cc(CCNC(=O)Cc2ccc(OC)c(CCc3ccccc3)c2CO)ccc1OC. The van der Waals surface area contributed by atoms with Crippen molar-refractivity contribution >= 4 is 12.0 Å². The molecule has 3 aromatic rings. The molecule has 0 spiro atoms. The smallest absolute Gasteiger partial charge is 0.224 e. The van der Waals surface area contributed by atoms with Crippen molar-refractivity contribution in [1.82, 2.24) is 5.32 Å². The maximum Gasteiger partial charge on any atom is 0.224 e. The van der Waals surface area contributed by atoms with E-state index in [4.69, 9.17) is 9.47 Å². The van der Waals surface area contributed by atoms with E-state index < -0.39 is 0 Å². The fourth-order valence-corrected chi connectivity index (χ4v) is 4.14. The molecule has 1 amide bonds. The fraction of sp³-hybridized carbons (Fsp3) is 0.276. The first-order valence-corrected chi connectivity index (χ1v) is 11.5. The maximum atomic E-state index is 12.7. The molecule has 178 valence electrons. The van der Waals surface area contributed by atoms with Crippen LogP contribution in [0.25, 0.3) is 6.08 Å². The number of nitrogens with one attached hydrogen (secondary N) is 1. The summed E-state index contributed by atoms with van der Waals surface area (Å²) in [4.78, 5) is 12.7. The Balaban J connectivity index is 1.64. The lowest BCUT2D eigenvalue weighted by Gasteiger charge is -2.17. The molecular formula is C29H33NO4. The minimum atomic E-state index is -0.139. The molecule has 0 saturated heterocycles. The standard InChI is InChI=1S/C29H33NO4/c1-4-23-18-22(11-14-27(23)33-2)16-17-30-29(32)19-24-12-15-28(34-3)25(26(24)20-31)13-10-21-8-6-5-7-9-21/h4-9,11-12,14-15,18,31H,1,10,13,16-17,19-20H2,2-3H3,(H,30,32). The van der Waals surface area contributed by atoms with Crippen molar-refractivity contribution in [3.05, 3.63) is 101 Å². The molecule has 0 unspecified atom stereocenters. The number of benzene rings is 3. The van der Waals surface area contributed by atoms with E-state index in [9.17, 15) is 9.90 Å². The number of carbonyl (C=O) groups excluding carboxylic acids is 1. The highest BCUT2D eigenvalue weighted by Crippen LogP contribution is 2.28. The minimum Gasteiger partial charge on any atom is -0.496 e. The van der Waals surface area contributed by atoms with Crippen LogP contribution in [0.1, 0.15) is 33.4 Å². The van der Waals surface area contributed by atoms with Crippen LogP contribution in [-0.4, -0.2) is 31.8 Å². The van der Waals surface area contributed by atoms with Gasteiger partial charge in [-0.05, 0) is 59.7 Å². The number of aliphatic hydroxyl groups is 1. The molecule has 0 radical (unpaired) electrons. The second-order valence-corrected chi connectivity index (χ2v) is 8.08. The van der Waals surface area contributed by atoms with E-state index in [1.165, 1.54) is 5.56 Å². The van der Waals surface area contributed by atoms with Gasteiger partial charge in [0, 0.05) is 17.7 Å². The molecule has 0 saturated carbocycles. The quantitative estimate of drug-likeness (QED) is 0.418. The van der Waals surface area contributed by atoms with Gasteiger partial charge in [-0.3, -0.25) is 4.79 Å². The lowest BCUT2D eigenvalue weighted by Crippen LogP contribution is -2.27. The number of aryl methyl sites for hydroxylation is 1. The Bertz CT molecular complexity index is 1110. The van der Waals surface area contributed by atoms with Gasteiger partial charge in [-0.15, -0.1) is 0 Å². The predicted octanol–water partition coefficient (Wildman–Crippen LogP) is 4.53. The topological polar surface area (TPSA) is 67.8 Å². The number of hydrogen-bond donors (Lipinski definition) is 2. The van der Waals surface area contributed by atoms with E-state index >= 15 is 0 Å². The van der Waals surface area contributed by atoms with Crippen LogP contribution in [0.4, 0.5) is 0 Å². The lowest BCUT2D eigenvalue weighted by atomic mass is 9.93. The summed E-state index contributed by atoms with van der Waals surface area (Å²) in [5.41, 5.74) is 5.79. The second kappa shape index (κ2) is 12.6. The van der Waals surface area contributed by atoms with Gasteiger partial charge >= 0.3 is 0 Å². The highest BCUT2D eigenvalue weighted by Gasteiger charge is 2.16. The summed E-state index contributed by atoms with van der Waals surface area (Å²) in [5.74, 6) is 1.44. The molecule has 0 aliphatic rings. The molecule has 0 fully saturated rings. The number of rotatable bonds is 12. The van der Waals surface area contributed by atoms with Gasteiger partial charge in [-0.2, -0.15) is 0 Å². The molecule has 2 N–H and O–H groups in total. The van der Waals surface area contributed by atoms with Crippen molar-refractivity contribution in [3.63, 3.8) is 0 Å². The zero-order valence-electron chi connectivity index (χ0n) is 20.0. The molecular weight excluding hydrogens is 426 g/mol. The van der Waals surface area contributed by atoms with Gasteiger partial charge in [0.1, 0.15) is 11.5 Å². The highest BCUT2D eigenvalue weighted by atomic mass is 16.5. The third-order valence-electron chi connectivity index (χ3n) is 5.97. The van der Waals surface area contributed by atoms with E-state index in [0.717, 1.165) is 52.2 Å². The fourth-order valence-electron chi connectivity index (χ4n) is 4.14. The van der Waals surface area contributed by atoms with Gasteiger partial charge in [-0.1, -0.05) is 55.1 Å². The summed E-state index contributed by atoms with van der Waals surface area (Å²) >= 11 is 0. The summed E-state index contributed by atoms with van der Waals surface area (Å²) < 4.78 is 10.9. The van der Waals surface area contributed by atoms with Crippen LogP contribution in [-0.2, 0) is 37.1 Å². The molecule has 0 aliphatic heterocycles. The van der Waals surface area contributed by atoms with E-state index in [1.807, 2.05) is 48.5 Å². The summed E-state index contributed by atoms with van der Waals surface area (Å²) in [6.07, 6.45) is 4.22. The Hall–Kier alpha value is -3.57. The number of hydrogen-bond acceptors (Lipinski definition) is 4. The van der Waals surface area contributed by atoms with Crippen molar-refractivity contribution in [2.24, 2.45) is 0 Å². The molecule has 3 aromatic carbocycles. The van der Waals surface area contributed by atoms with E-state index in [-0.39, 0.29) is 18.9 Å². The molecule has 0 heterocycles. The first kappa shape index (κ1) is 25.1. The number of methoxy groups -OCH3 is 2. The summed E-state index contributed by atoms with van der Waals surface area (Å²) in [6.45, 7) is 4.21. The van der Waals surface area contributed by atoms with Crippen molar-refractivity contribution in [3.8, 4) is 11.5 Å². The average molecular weight is 460 g/mol. The van der Waals surface area contributed by atoms with Crippen LogP contribution in [0.5, 0.6) is 11.5 Å². The van der Waals surface area contributed by atoms with Gasteiger partial charge < -0.3 is 19.9 Å². The Kier molecular flexibility index (Phi) is 9.30. The molecule has 0 atom stereocenters. The van der Waals surface area contributed by atoms with Gasteiger partial charge in [0.15, 0.2) is 0 Å². The zero-order valence-corrected chi connectivity index (χ0v) is 20.0. The van der Waals surface area contributed by atoms with Crippen LogP contribution in [0, 0.1) is 0 Å². The first-order chi connectivity index (χ1) is 16.6. The second-order valence-electron chi connectivity index (χ2n) is 8.08. The average Bonchev–Trinajstić information content (AvgIpc) is 2.87. The highest BCUT2D eigenvalue weighted by molar-refractivity contribution is 5.79. The number of carbonyl (C=O) groups is 1. The summed E-state index contributed by atoms with van der Waals surface area (Å²) in [6, 6.07) is 19.9. The zero-order chi connectivity index (χ0) is 24.3. The van der Waals surface area contributed by atoms with Crippen molar-refractivity contribution in [2.45, 2.75) is 32.3 Å². The van der Waals surface area contributed by atoms with Crippen LogP contribution in [0.3, 0.4) is 0 Å². The van der Waals surface area contributed by atoms with Crippen molar-refractivity contribution in [2.75, 3.05) is 20.8 Å². The summed E-state index contributed by atoms with van der Waals surface area (Å²) in [5, 5.41) is 13.1. The largest absolute Gasteiger partial charge is 0.496 e. The molecule has 0 aromatic heterocycles. The Morgan fingerprint density at radius 2 is 1.65 bits per heavy atom. The minimum absolute atomic E-state index is 0.0775. The molecule has 3 rings (SSSR count). The lowest BCUT2D eigenvalue weighted by molar-refractivity contribution is -0.120. The molecule has 34 heavy (non-hydrogen) atoms. The third-order valence-corrected chi connectivity index (χ3v) is 5.97. The number of ether oxygens (including phenoxy) is 2. The monoisotopic (exact) mass is 459 g/mol. The predicted molar refractivity (Wildman–Crippen MR) is 136 cm³/mol. The van der Waals surface area contributed by atoms with E-state index in [1.54, 1.807) is 20.3 Å². The third kappa shape index (κ3) is 6.49. The molecule has 5 nitrogen and oxygen atoms in total. The van der Waals surface area contributed by atoms with Crippen LogP contribution in [0.15, 0.2) is 67.2 Å². The Morgan fingerprint density at radius 1 is 0.912 bits per heavy atom. The molecule has 5 heteroatoms. The Labute approximate surface area is 202 Å². The van der Waals surface area contributed by atoms with Gasteiger partial charge in [-0.25, -0.2) is 0 Å². The summed E-state index contributed by atoms with van der Waals surface area (Å²) in [7, 11) is 3.26. The number of aliphatic hydroxyl groups excluding tert-OH is 1. The number of amides is 1. The van der Waals surface area contributed by atoms with Crippen LogP contribution in [0.2, 0.25) is 0 Å². The molecule has 0 aliphatic carbocycles. The van der Waals surface area contributed by atoms with E-state index in [2.05, 4.69) is 24.0 Å². The van der Waals surface area contributed by atoms with Crippen LogP contribution >= 0.6 is 0 Å². The maximum absolute atomic E-state index is 12.7. The Morgan fingerprint density at radius 3 is 2.32 bits per heavy atom. The van der Waals surface area contributed by atoms with Gasteiger partial charge in [0.05, 0.1) is 27.2 Å². The van der Waals surface area contributed by atoms with Crippen molar-refractivity contribution < 1.29 is 19.4 Å². The van der Waals surface area contributed by atoms with Crippen LogP contribution < -0.4 is 14.8 Å².